The second-order valence-corrected chi connectivity index (χ2v) is 4.54. The van der Waals surface area contributed by atoms with Gasteiger partial charge in [0.1, 0.15) is 5.69 Å². The van der Waals surface area contributed by atoms with E-state index in [9.17, 15) is 4.79 Å². The number of nitrogens with zero attached hydrogens (tertiary/aromatic N) is 3. The van der Waals surface area contributed by atoms with Crippen molar-refractivity contribution in [2.24, 2.45) is 5.10 Å². The molecule has 2 aromatic rings. The lowest BCUT2D eigenvalue weighted by molar-refractivity contribution is -0.120. The van der Waals surface area contributed by atoms with Crippen molar-refractivity contribution in [2.75, 3.05) is 5.73 Å². The average molecular weight is 324 g/mol. The summed E-state index contributed by atoms with van der Waals surface area (Å²) in [5.74, 6) is -0.250. The Labute approximate surface area is 117 Å². The van der Waals surface area contributed by atoms with Crippen LogP contribution in [0, 0.1) is 0 Å². The number of nitrogen functional groups attached to an aromatic ring is 1. The largest absolute Gasteiger partial charge is 0.379 e. The van der Waals surface area contributed by atoms with E-state index in [-0.39, 0.29) is 23.8 Å². The highest BCUT2D eigenvalue weighted by molar-refractivity contribution is 9.10. The number of nitrogens with two attached hydrogens (primary N) is 1. The summed E-state index contributed by atoms with van der Waals surface area (Å²) in [5, 5.41) is 10.7. The normalized spacial score (nSPS) is 10.8. The Kier molecular flexibility index (Phi) is 4.24. The molecule has 0 aliphatic rings. The van der Waals surface area contributed by atoms with Crippen molar-refractivity contribution < 1.29 is 9.42 Å². The van der Waals surface area contributed by atoms with Gasteiger partial charge in [0.2, 0.25) is 5.91 Å². The van der Waals surface area contributed by atoms with Crippen molar-refractivity contribution >= 4 is 33.9 Å². The minimum Gasteiger partial charge on any atom is -0.379 e. The summed E-state index contributed by atoms with van der Waals surface area (Å²) in [6.45, 7) is 0. The summed E-state index contributed by atoms with van der Waals surface area (Å²) >= 11 is 3.34. The van der Waals surface area contributed by atoms with Crippen molar-refractivity contribution in [2.45, 2.75) is 6.42 Å². The van der Waals surface area contributed by atoms with Gasteiger partial charge in [-0.3, -0.25) is 4.79 Å². The van der Waals surface area contributed by atoms with Gasteiger partial charge in [0.25, 0.3) is 0 Å². The maximum absolute atomic E-state index is 11.5. The molecule has 8 heteroatoms. The zero-order chi connectivity index (χ0) is 13.7. The molecule has 0 spiro atoms. The molecular weight excluding hydrogens is 314 g/mol. The molecule has 0 radical (unpaired) electrons. The van der Waals surface area contributed by atoms with Crippen molar-refractivity contribution in [3.63, 3.8) is 0 Å². The highest BCUT2D eigenvalue weighted by atomic mass is 79.9. The number of aromatic nitrogens is 2. The lowest BCUT2D eigenvalue weighted by Gasteiger charge is -1.97. The van der Waals surface area contributed by atoms with Gasteiger partial charge in [0, 0.05) is 4.47 Å². The van der Waals surface area contributed by atoms with Gasteiger partial charge < -0.3 is 5.73 Å². The molecule has 3 N–H and O–H groups in total. The number of hydrogen-bond donors (Lipinski definition) is 2. The lowest BCUT2D eigenvalue weighted by atomic mass is 10.2. The predicted molar refractivity (Wildman–Crippen MR) is 72.3 cm³/mol. The van der Waals surface area contributed by atoms with Crippen molar-refractivity contribution in [1.29, 1.82) is 0 Å². The van der Waals surface area contributed by atoms with Gasteiger partial charge in [-0.2, -0.15) is 5.10 Å². The van der Waals surface area contributed by atoms with E-state index in [2.05, 4.69) is 41.4 Å². The summed E-state index contributed by atoms with van der Waals surface area (Å²) in [6, 6.07) is 7.50. The quantitative estimate of drug-likeness (QED) is 0.647. The number of rotatable bonds is 4. The molecule has 7 nitrogen and oxygen atoms in total. The smallest absolute Gasteiger partial charge is 0.246 e. The molecule has 1 aromatic carbocycles. The van der Waals surface area contributed by atoms with Gasteiger partial charge >= 0.3 is 0 Å². The van der Waals surface area contributed by atoms with Gasteiger partial charge in [-0.05, 0) is 22.9 Å². The first-order valence-electron chi connectivity index (χ1n) is 5.29. The van der Waals surface area contributed by atoms with E-state index in [1.54, 1.807) is 0 Å². The molecule has 0 unspecified atom stereocenters. The minimum atomic E-state index is -0.353. The predicted octanol–water partition coefficient (Wildman–Crippen LogP) is 1.11. The topological polar surface area (TPSA) is 106 Å². The van der Waals surface area contributed by atoms with E-state index in [0.717, 1.165) is 10.0 Å². The third kappa shape index (κ3) is 3.88. The summed E-state index contributed by atoms with van der Waals surface area (Å²) < 4.78 is 5.32. The molecule has 0 saturated carbocycles. The van der Waals surface area contributed by atoms with Crippen LogP contribution in [-0.4, -0.2) is 22.4 Å². The minimum absolute atomic E-state index is 0.0366. The molecular formula is C11H10BrN5O2. The Morgan fingerprint density at radius 1 is 1.53 bits per heavy atom. The van der Waals surface area contributed by atoms with E-state index < -0.39 is 0 Å². The van der Waals surface area contributed by atoms with Crippen LogP contribution < -0.4 is 11.2 Å². The maximum atomic E-state index is 11.5. The summed E-state index contributed by atoms with van der Waals surface area (Å²) in [5.41, 5.74) is 8.95. The highest BCUT2D eigenvalue weighted by Crippen LogP contribution is 2.09. The van der Waals surface area contributed by atoms with E-state index in [1.807, 2.05) is 24.3 Å². The van der Waals surface area contributed by atoms with Gasteiger partial charge in [0.15, 0.2) is 5.82 Å². The number of halogens is 1. The molecule has 1 amide bonds. The Morgan fingerprint density at radius 2 is 2.37 bits per heavy atom. The van der Waals surface area contributed by atoms with Crippen molar-refractivity contribution in [3.8, 4) is 0 Å². The first kappa shape index (κ1) is 13.2. The number of carbonyl (C=O) groups is 1. The van der Waals surface area contributed by atoms with Crippen LogP contribution >= 0.6 is 15.9 Å². The molecule has 0 bridgehead atoms. The van der Waals surface area contributed by atoms with Gasteiger partial charge in [-0.15, -0.1) is 0 Å². The molecule has 0 fully saturated rings. The first-order chi connectivity index (χ1) is 9.15. The molecule has 98 valence electrons. The Morgan fingerprint density at radius 3 is 3.05 bits per heavy atom. The molecule has 0 saturated heterocycles. The number of anilines is 1. The van der Waals surface area contributed by atoms with Gasteiger partial charge in [0.05, 0.1) is 12.6 Å². The Balaban J connectivity index is 1.88. The van der Waals surface area contributed by atoms with Gasteiger partial charge in [-0.25, -0.2) is 10.1 Å². The maximum Gasteiger partial charge on any atom is 0.246 e. The van der Waals surface area contributed by atoms with Crippen LogP contribution in [0.5, 0.6) is 0 Å². The highest BCUT2D eigenvalue weighted by Gasteiger charge is 2.10. The second-order valence-electron chi connectivity index (χ2n) is 3.62. The number of hydrazone groups is 1. The molecule has 0 atom stereocenters. The van der Waals surface area contributed by atoms with Crippen LogP contribution in [0.15, 0.2) is 38.5 Å². The van der Waals surface area contributed by atoms with E-state index in [4.69, 9.17) is 5.73 Å². The molecule has 19 heavy (non-hydrogen) atoms. The summed E-state index contributed by atoms with van der Waals surface area (Å²) in [7, 11) is 0. The van der Waals surface area contributed by atoms with Crippen LogP contribution in [0.2, 0.25) is 0 Å². The standard InChI is InChI=1S/C11H10BrN5O2/c12-8-3-1-2-7(4-8)6-14-15-10(18)5-9-11(13)17-19-16-9/h1-4,6H,5H2,(H2,13,17)(H,15,18). The lowest BCUT2D eigenvalue weighted by Crippen LogP contribution is -2.20. The first-order valence-corrected chi connectivity index (χ1v) is 6.09. The fourth-order valence-electron chi connectivity index (χ4n) is 1.29. The van der Waals surface area contributed by atoms with Crippen molar-refractivity contribution in [1.82, 2.24) is 15.7 Å². The van der Waals surface area contributed by atoms with Gasteiger partial charge in [-0.1, -0.05) is 33.2 Å². The molecule has 1 aromatic heterocycles. The molecule has 0 aliphatic carbocycles. The Bertz CT molecular complexity index is 611. The molecule has 2 rings (SSSR count). The summed E-state index contributed by atoms with van der Waals surface area (Å²) in [4.78, 5) is 11.5. The molecule has 0 aliphatic heterocycles. The second kappa shape index (κ2) is 6.10. The third-order valence-corrected chi connectivity index (χ3v) is 2.66. The van der Waals surface area contributed by atoms with E-state index in [0.29, 0.717) is 0 Å². The third-order valence-electron chi connectivity index (χ3n) is 2.17. The van der Waals surface area contributed by atoms with Crippen LogP contribution in [0.1, 0.15) is 11.3 Å². The average Bonchev–Trinajstić information content (AvgIpc) is 2.75. The number of benzene rings is 1. The van der Waals surface area contributed by atoms with E-state index in [1.165, 1.54) is 6.21 Å². The van der Waals surface area contributed by atoms with E-state index >= 15 is 0 Å². The SMILES string of the molecule is Nc1nonc1CC(=O)NN=Cc1cccc(Br)c1. The fraction of sp³-hybridized carbons (Fsp3) is 0.0909. The number of amides is 1. The number of nitrogens with one attached hydrogen (secondary N) is 1. The molecule has 1 heterocycles. The van der Waals surface area contributed by atoms with Crippen LogP contribution in [0.25, 0.3) is 0 Å². The zero-order valence-corrected chi connectivity index (χ0v) is 11.3. The summed E-state index contributed by atoms with van der Waals surface area (Å²) in [6.07, 6.45) is 1.50. The number of carbonyl (C=O) groups excluding carboxylic acids is 1. The Hall–Kier alpha value is -2.22. The van der Waals surface area contributed by atoms with Crippen LogP contribution in [0.4, 0.5) is 5.82 Å². The monoisotopic (exact) mass is 323 g/mol. The fourth-order valence-corrected chi connectivity index (χ4v) is 1.71. The van der Waals surface area contributed by atoms with Crippen LogP contribution in [0.3, 0.4) is 0 Å². The number of hydrogen-bond acceptors (Lipinski definition) is 6. The zero-order valence-electron chi connectivity index (χ0n) is 9.71. The van der Waals surface area contributed by atoms with Crippen molar-refractivity contribution in [3.05, 3.63) is 40.0 Å². The van der Waals surface area contributed by atoms with Crippen LogP contribution in [-0.2, 0) is 11.2 Å².